The van der Waals surface area contributed by atoms with Crippen molar-refractivity contribution in [3.05, 3.63) is 71.3 Å². The maximum Gasteiger partial charge on any atom is 0.303 e. The molecule has 2 aromatic rings. The van der Waals surface area contributed by atoms with Gasteiger partial charge in [0.15, 0.2) is 0 Å². The van der Waals surface area contributed by atoms with Gasteiger partial charge in [0, 0.05) is 31.7 Å². The van der Waals surface area contributed by atoms with Crippen LogP contribution in [-0.4, -0.2) is 65.1 Å². The largest absolute Gasteiger partial charge is 0.487 e. The van der Waals surface area contributed by atoms with Gasteiger partial charge in [-0.3, -0.25) is 14.5 Å². The molecular weight excluding hydrogens is 512 g/mol. The lowest BCUT2D eigenvalue weighted by Gasteiger charge is -2.65. The van der Waals surface area contributed by atoms with E-state index in [1.54, 1.807) is 13.0 Å². The highest BCUT2D eigenvalue weighted by atomic mass is 16.6. The lowest BCUT2D eigenvalue weighted by atomic mass is 9.48. The Kier molecular flexibility index (Phi) is 6.53. The van der Waals surface area contributed by atoms with Crippen molar-refractivity contribution in [2.45, 2.75) is 88.5 Å². The zero-order valence-electron chi connectivity index (χ0n) is 24.6. The summed E-state index contributed by atoms with van der Waals surface area (Å²) in [5.41, 5.74) is 2.46. The van der Waals surface area contributed by atoms with Crippen molar-refractivity contribution < 1.29 is 19.1 Å². The zero-order chi connectivity index (χ0) is 28.4. The number of carbonyl (C=O) groups excluding carboxylic acids is 2. The number of hydrogen-bond donors (Lipinski definition) is 0. The summed E-state index contributed by atoms with van der Waals surface area (Å²) in [6.07, 6.45) is 9.20. The number of nitrogens with zero attached hydrogens (tertiary/aromatic N) is 2. The van der Waals surface area contributed by atoms with Crippen molar-refractivity contribution in [2.24, 2.45) is 11.8 Å². The molecule has 1 amide bonds. The SMILES string of the molecule is CC(=O)O[C@@]12CC[C@H](N(CC(C)C)C(=O)C=Cc3ccccc3)[C@@H]3Oc4cccc5c4[C@@]31CCN(CC1CC1)[C@@H]2C5. The number of benzene rings is 2. The standard InChI is InChI=1S/C35H42N2O4/c1-23(2)21-37(31(39)15-14-25-8-5-4-6-9-25)28-16-17-35(41-24(3)38)30-20-27-10-7-11-29-32(27)34(35,33(28)40-29)18-19-36(30)22-26-12-13-26/h4-11,14-15,23,26,28,30,33H,12-13,16-22H2,1-3H3/t28-,30+,33-,34-,35+/m0/s1. The molecule has 1 spiro atoms. The van der Waals surface area contributed by atoms with E-state index in [1.807, 2.05) is 36.4 Å². The molecule has 2 aromatic carbocycles. The van der Waals surface area contributed by atoms with Crippen molar-refractivity contribution in [3.8, 4) is 5.75 Å². The van der Waals surface area contributed by atoms with E-state index < -0.39 is 11.0 Å². The molecule has 2 heterocycles. The number of carbonyl (C=O) groups is 2. The first kappa shape index (κ1) is 26.8. The first-order valence-electron chi connectivity index (χ1n) is 15.6. The van der Waals surface area contributed by atoms with E-state index in [4.69, 9.17) is 9.47 Å². The number of likely N-dealkylation sites (tertiary alicyclic amines) is 1. The van der Waals surface area contributed by atoms with Gasteiger partial charge < -0.3 is 14.4 Å². The van der Waals surface area contributed by atoms with Gasteiger partial charge in [-0.2, -0.15) is 0 Å². The number of hydrogen-bond acceptors (Lipinski definition) is 5. The second-order valence-corrected chi connectivity index (χ2v) is 13.4. The first-order valence-corrected chi connectivity index (χ1v) is 15.6. The van der Waals surface area contributed by atoms with Gasteiger partial charge in [-0.1, -0.05) is 56.3 Å². The first-order chi connectivity index (χ1) is 19.8. The van der Waals surface area contributed by atoms with Crippen LogP contribution in [0.4, 0.5) is 0 Å². The molecule has 5 atom stereocenters. The van der Waals surface area contributed by atoms with E-state index in [-0.39, 0.29) is 30.1 Å². The zero-order valence-corrected chi connectivity index (χ0v) is 24.6. The molecule has 0 aromatic heterocycles. The van der Waals surface area contributed by atoms with Gasteiger partial charge >= 0.3 is 5.97 Å². The molecule has 6 nitrogen and oxygen atoms in total. The topological polar surface area (TPSA) is 59.1 Å². The van der Waals surface area contributed by atoms with Crippen molar-refractivity contribution >= 4 is 18.0 Å². The molecule has 41 heavy (non-hydrogen) atoms. The van der Waals surface area contributed by atoms with Crippen LogP contribution in [0.5, 0.6) is 5.75 Å². The van der Waals surface area contributed by atoms with Crippen LogP contribution in [0.3, 0.4) is 0 Å². The maximum absolute atomic E-state index is 14.0. The molecule has 3 fully saturated rings. The summed E-state index contributed by atoms with van der Waals surface area (Å²) in [7, 11) is 0. The Hall–Kier alpha value is -3.12. The Morgan fingerprint density at radius 2 is 1.90 bits per heavy atom. The Morgan fingerprint density at radius 3 is 2.63 bits per heavy atom. The Bertz CT molecular complexity index is 1370. The third-order valence-corrected chi connectivity index (χ3v) is 10.4. The number of esters is 1. The average molecular weight is 555 g/mol. The molecule has 6 heteroatoms. The summed E-state index contributed by atoms with van der Waals surface area (Å²) in [4.78, 5) is 31.6. The third-order valence-electron chi connectivity index (χ3n) is 10.4. The van der Waals surface area contributed by atoms with Crippen LogP contribution in [0.15, 0.2) is 54.6 Å². The van der Waals surface area contributed by atoms with Gasteiger partial charge in [0.05, 0.1) is 17.5 Å². The summed E-state index contributed by atoms with van der Waals surface area (Å²) < 4.78 is 13.6. The van der Waals surface area contributed by atoms with Gasteiger partial charge in [-0.05, 0) is 80.2 Å². The van der Waals surface area contributed by atoms with Gasteiger partial charge in [0.25, 0.3) is 0 Å². The Morgan fingerprint density at radius 1 is 1.10 bits per heavy atom. The fourth-order valence-electron chi connectivity index (χ4n) is 8.79. The van der Waals surface area contributed by atoms with E-state index in [1.165, 1.54) is 24.0 Å². The Balaban J connectivity index is 1.31. The van der Waals surface area contributed by atoms with E-state index in [2.05, 4.69) is 41.8 Å². The van der Waals surface area contributed by atoms with Gasteiger partial charge in [0.1, 0.15) is 17.5 Å². The maximum atomic E-state index is 14.0. The predicted molar refractivity (Wildman–Crippen MR) is 158 cm³/mol. The van der Waals surface area contributed by atoms with Crippen LogP contribution in [0, 0.1) is 11.8 Å². The van der Waals surface area contributed by atoms with E-state index in [9.17, 15) is 9.59 Å². The van der Waals surface area contributed by atoms with Crippen molar-refractivity contribution in [3.63, 3.8) is 0 Å². The van der Waals surface area contributed by atoms with Crippen molar-refractivity contribution in [1.29, 1.82) is 0 Å². The van der Waals surface area contributed by atoms with Crippen molar-refractivity contribution in [1.82, 2.24) is 9.80 Å². The second-order valence-electron chi connectivity index (χ2n) is 13.4. The van der Waals surface area contributed by atoms with Crippen LogP contribution in [0.2, 0.25) is 0 Å². The number of piperidine rings is 1. The molecule has 3 aliphatic carbocycles. The fraction of sp³-hybridized carbons (Fsp3) is 0.543. The number of rotatable bonds is 8. The quantitative estimate of drug-likeness (QED) is 0.324. The minimum atomic E-state index is -0.654. The van der Waals surface area contributed by atoms with Crippen LogP contribution in [0.25, 0.3) is 6.08 Å². The molecule has 0 unspecified atom stereocenters. The highest BCUT2D eigenvalue weighted by Gasteiger charge is 2.75. The molecule has 2 aliphatic heterocycles. The van der Waals surface area contributed by atoms with Gasteiger partial charge in [-0.25, -0.2) is 0 Å². The molecule has 7 rings (SSSR count). The van der Waals surface area contributed by atoms with Crippen LogP contribution in [-0.2, 0) is 26.2 Å². The summed E-state index contributed by atoms with van der Waals surface area (Å²) in [5, 5.41) is 0. The van der Waals surface area contributed by atoms with E-state index in [0.29, 0.717) is 12.5 Å². The summed E-state index contributed by atoms with van der Waals surface area (Å²) >= 11 is 0. The van der Waals surface area contributed by atoms with E-state index in [0.717, 1.165) is 56.0 Å². The number of amides is 1. The molecule has 216 valence electrons. The summed E-state index contributed by atoms with van der Waals surface area (Å²) in [6, 6.07) is 16.4. The second kappa shape index (κ2) is 10.0. The lowest BCUT2D eigenvalue weighted by Crippen LogP contribution is -2.79. The molecular formula is C35H42N2O4. The highest BCUT2D eigenvalue weighted by molar-refractivity contribution is 5.92. The number of ether oxygens (including phenoxy) is 2. The summed E-state index contributed by atoms with van der Waals surface area (Å²) in [6.45, 7) is 8.60. The van der Waals surface area contributed by atoms with Gasteiger partial charge in [0.2, 0.25) is 5.91 Å². The van der Waals surface area contributed by atoms with Crippen LogP contribution >= 0.6 is 0 Å². The molecule has 0 radical (unpaired) electrons. The highest BCUT2D eigenvalue weighted by Crippen LogP contribution is 2.66. The molecule has 1 saturated heterocycles. The molecule has 0 N–H and O–H groups in total. The van der Waals surface area contributed by atoms with Crippen molar-refractivity contribution in [2.75, 3.05) is 19.6 Å². The molecule has 2 bridgehead atoms. The normalized spacial score (nSPS) is 31.6. The average Bonchev–Trinajstić information content (AvgIpc) is 3.70. The van der Waals surface area contributed by atoms with Crippen LogP contribution < -0.4 is 4.74 Å². The fourth-order valence-corrected chi connectivity index (χ4v) is 8.79. The van der Waals surface area contributed by atoms with E-state index >= 15 is 0 Å². The minimum Gasteiger partial charge on any atom is -0.487 e. The predicted octanol–water partition coefficient (Wildman–Crippen LogP) is 5.39. The van der Waals surface area contributed by atoms with Crippen LogP contribution in [0.1, 0.15) is 69.6 Å². The smallest absolute Gasteiger partial charge is 0.303 e. The molecule has 5 aliphatic rings. The van der Waals surface area contributed by atoms with Gasteiger partial charge in [-0.15, -0.1) is 0 Å². The molecule has 2 saturated carbocycles. The lowest BCUT2D eigenvalue weighted by molar-refractivity contribution is -0.224. The summed E-state index contributed by atoms with van der Waals surface area (Å²) in [5.74, 6) is 1.78. The monoisotopic (exact) mass is 554 g/mol. The Labute approximate surface area is 243 Å². The third kappa shape index (κ3) is 4.24. The minimum absolute atomic E-state index is 0.0160.